The summed E-state index contributed by atoms with van der Waals surface area (Å²) in [7, 11) is 0. The Bertz CT molecular complexity index is 681. The summed E-state index contributed by atoms with van der Waals surface area (Å²) in [5.41, 5.74) is 1.21. The summed E-state index contributed by atoms with van der Waals surface area (Å²) in [6.45, 7) is 2.09. The van der Waals surface area contributed by atoms with Crippen molar-refractivity contribution >= 4 is 5.91 Å². The van der Waals surface area contributed by atoms with Gasteiger partial charge in [-0.2, -0.15) is 10.2 Å². The maximum absolute atomic E-state index is 12.2. The van der Waals surface area contributed by atoms with Gasteiger partial charge in [0, 0.05) is 18.7 Å². The minimum absolute atomic E-state index is 0.0382. The molecule has 2 aromatic rings. The Morgan fingerprint density at radius 2 is 1.95 bits per heavy atom. The summed E-state index contributed by atoms with van der Waals surface area (Å²) in [6.07, 6.45) is 0. The van der Waals surface area contributed by atoms with Gasteiger partial charge in [0.05, 0.1) is 24.8 Å². The number of hydrogen-bond donors (Lipinski definition) is 0. The van der Waals surface area contributed by atoms with Gasteiger partial charge < -0.3 is 14.2 Å². The Morgan fingerprint density at radius 3 is 2.62 bits per heavy atom. The van der Waals surface area contributed by atoms with E-state index < -0.39 is 0 Å². The smallest absolute Gasteiger partial charge is 0.295 e. The summed E-state index contributed by atoms with van der Waals surface area (Å²) in [5.74, 6) is 0.0364. The molecule has 0 spiro atoms. The second-order valence-electron chi connectivity index (χ2n) is 4.52. The highest BCUT2D eigenvalue weighted by molar-refractivity contribution is 5.90. The van der Waals surface area contributed by atoms with E-state index in [2.05, 4.69) is 10.1 Å². The van der Waals surface area contributed by atoms with E-state index in [0.717, 1.165) is 0 Å². The van der Waals surface area contributed by atoms with Crippen LogP contribution in [-0.2, 0) is 4.74 Å². The number of benzene rings is 1. The van der Waals surface area contributed by atoms with Crippen LogP contribution in [0.2, 0.25) is 0 Å². The predicted molar refractivity (Wildman–Crippen MR) is 71.2 cm³/mol. The largest absolute Gasteiger partial charge is 0.378 e. The highest BCUT2D eigenvalue weighted by Crippen LogP contribution is 2.18. The van der Waals surface area contributed by atoms with E-state index in [0.29, 0.717) is 37.4 Å². The normalized spacial score (nSPS) is 14.7. The van der Waals surface area contributed by atoms with Gasteiger partial charge >= 0.3 is 0 Å². The number of morpholine rings is 1. The van der Waals surface area contributed by atoms with Gasteiger partial charge in [0.25, 0.3) is 17.6 Å². The Kier molecular flexibility index (Phi) is 3.62. The van der Waals surface area contributed by atoms with Crippen molar-refractivity contribution in [3.05, 3.63) is 35.7 Å². The molecule has 1 aromatic heterocycles. The summed E-state index contributed by atoms with van der Waals surface area (Å²) < 4.78 is 10.3. The molecular weight excluding hydrogens is 272 g/mol. The number of amides is 1. The molecular formula is C14H12N4O3. The number of rotatable bonds is 2. The summed E-state index contributed by atoms with van der Waals surface area (Å²) in [5, 5.41) is 12.5. The van der Waals surface area contributed by atoms with Gasteiger partial charge in [0.1, 0.15) is 0 Å². The average molecular weight is 284 g/mol. The molecule has 7 nitrogen and oxygen atoms in total. The molecule has 106 valence electrons. The van der Waals surface area contributed by atoms with Crippen LogP contribution in [0.15, 0.2) is 28.8 Å². The fourth-order valence-electron chi connectivity index (χ4n) is 2.02. The molecule has 1 fully saturated rings. The number of carbonyl (C=O) groups excluding carboxylic acids is 1. The number of ether oxygens (including phenoxy) is 1. The molecule has 7 heteroatoms. The lowest BCUT2D eigenvalue weighted by atomic mass is 10.1. The standard InChI is InChI=1S/C14H12N4O3/c15-9-10-1-3-11(4-2-10)13-16-12(17-21-13)14(19)18-5-7-20-8-6-18/h1-4H,5-8H2. The Balaban J connectivity index is 1.79. The van der Waals surface area contributed by atoms with Crippen molar-refractivity contribution in [1.29, 1.82) is 5.26 Å². The maximum atomic E-state index is 12.2. The van der Waals surface area contributed by atoms with Gasteiger partial charge in [-0.05, 0) is 24.3 Å². The molecule has 1 amide bonds. The van der Waals surface area contributed by atoms with E-state index in [-0.39, 0.29) is 17.6 Å². The molecule has 0 atom stereocenters. The highest BCUT2D eigenvalue weighted by atomic mass is 16.5. The third-order valence-electron chi connectivity index (χ3n) is 3.18. The van der Waals surface area contributed by atoms with Crippen molar-refractivity contribution in [1.82, 2.24) is 15.0 Å². The van der Waals surface area contributed by atoms with Gasteiger partial charge in [0.2, 0.25) is 0 Å². The molecule has 1 aliphatic heterocycles. The highest BCUT2D eigenvalue weighted by Gasteiger charge is 2.23. The van der Waals surface area contributed by atoms with Crippen molar-refractivity contribution in [2.45, 2.75) is 0 Å². The van der Waals surface area contributed by atoms with E-state index in [1.54, 1.807) is 29.2 Å². The van der Waals surface area contributed by atoms with E-state index in [4.69, 9.17) is 14.5 Å². The summed E-state index contributed by atoms with van der Waals surface area (Å²) in [4.78, 5) is 17.9. The van der Waals surface area contributed by atoms with E-state index in [1.165, 1.54) is 0 Å². The summed E-state index contributed by atoms with van der Waals surface area (Å²) >= 11 is 0. The first-order valence-corrected chi connectivity index (χ1v) is 6.49. The zero-order valence-corrected chi connectivity index (χ0v) is 11.2. The van der Waals surface area contributed by atoms with Crippen LogP contribution < -0.4 is 0 Å². The number of hydrogen-bond acceptors (Lipinski definition) is 6. The van der Waals surface area contributed by atoms with Crippen LogP contribution >= 0.6 is 0 Å². The minimum atomic E-state index is -0.262. The van der Waals surface area contributed by atoms with Gasteiger partial charge in [0.15, 0.2) is 0 Å². The fraction of sp³-hybridized carbons (Fsp3) is 0.286. The second-order valence-corrected chi connectivity index (χ2v) is 4.52. The first kappa shape index (κ1) is 13.3. The first-order chi connectivity index (χ1) is 10.3. The molecule has 0 aliphatic carbocycles. The summed E-state index contributed by atoms with van der Waals surface area (Å²) in [6, 6.07) is 8.75. The van der Waals surface area contributed by atoms with Gasteiger partial charge in [-0.3, -0.25) is 4.79 Å². The van der Waals surface area contributed by atoms with Crippen LogP contribution in [0.25, 0.3) is 11.5 Å². The molecule has 0 saturated carbocycles. The minimum Gasteiger partial charge on any atom is -0.378 e. The van der Waals surface area contributed by atoms with Crippen molar-refractivity contribution in [2.24, 2.45) is 0 Å². The lowest BCUT2D eigenvalue weighted by Crippen LogP contribution is -2.41. The monoisotopic (exact) mass is 284 g/mol. The third-order valence-corrected chi connectivity index (χ3v) is 3.18. The average Bonchev–Trinajstić information content (AvgIpc) is 3.05. The third kappa shape index (κ3) is 2.75. The lowest BCUT2D eigenvalue weighted by molar-refractivity contribution is 0.0293. The Labute approximate surface area is 120 Å². The van der Waals surface area contributed by atoms with Gasteiger partial charge in [-0.1, -0.05) is 5.16 Å². The molecule has 0 bridgehead atoms. The van der Waals surface area contributed by atoms with Crippen LogP contribution in [-0.4, -0.2) is 47.3 Å². The van der Waals surface area contributed by atoms with E-state index >= 15 is 0 Å². The Hall–Kier alpha value is -2.72. The fourth-order valence-corrected chi connectivity index (χ4v) is 2.02. The molecule has 1 saturated heterocycles. The molecule has 21 heavy (non-hydrogen) atoms. The van der Waals surface area contributed by atoms with Crippen LogP contribution in [0.4, 0.5) is 0 Å². The lowest BCUT2D eigenvalue weighted by Gasteiger charge is -2.25. The van der Waals surface area contributed by atoms with Crippen molar-refractivity contribution in [3.8, 4) is 17.5 Å². The van der Waals surface area contributed by atoms with Crippen molar-refractivity contribution < 1.29 is 14.1 Å². The topological polar surface area (TPSA) is 92.2 Å². The van der Waals surface area contributed by atoms with Gasteiger partial charge in [-0.25, -0.2) is 0 Å². The maximum Gasteiger partial charge on any atom is 0.295 e. The van der Waals surface area contributed by atoms with Crippen LogP contribution in [0, 0.1) is 11.3 Å². The van der Waals surface area contributed by atoms with Crippen molar-refractivity contribution in [3.63, 3.8) is 0 Å². The van der Waals surface area contributed by atoms with E-state index in [9.17, 15) is 4.79 Å². The Morgan fingerprint density at radius 1 is 1.24 bits per heavy atom. The quantitative estimate of drug-likeness (QED) is 0.819. The van der Waals surface area contributed by atoms with Crippen molar-refractivity contribution in [2.75, 3.05) is 26.3 Å². The zero-order chi connectivity index (χ0) is 14.7. The number of nitrogens with zero attached hydrogens (tertiary/aromatic N) is 4. The number of nitriles is 1. The van der Waals surface area contributed by atoms with Crippen LogP contribution in [0.1, 0.15) is 16.2 Å². The van der Waals surface area contributed by atoms with Gasteiger partial charge in [-0.15, -0.1) is 0 Å². The molecule has 0 radical (unpaired) electrons. The van der Waals surface area contributed by atoms with Crippen LogP contribution in [0.5, 0.6) is 0 Å². The number of aromatic nitrogens is 2. The number of carbonyl (C=O) groups is 1. The van der Waals surface area contributed by atoms with E-state index in [1.807, 2.05) is 6.07 Å². The van der Waals surface area contributed by atoms with Crippen LogP contribution in [0.3, 0.4) is 0 Å². The zero-order valence-electron chi connectivity index (χ0n) is 11.2. The molecule has 0 unspecified atom stereocenters. The SMILES string of the molecule is N#Cc1ccc(-c2nc(C(=O)N3CCOCC3)no2)cc1. The molecule has 3 rings (SSSR count). The molecule has 1 aromatic carbocycles. The second kappa shape index (κ2) is 5.73. The molecule has 2 heterocycles. The molecule has 0 N–H and O–H groups in total. The molecule has 1 aliphatic rings. The first-order valence-electron chi connectivity index (χ1n) is 6.49. The predicted octanol–water partition coefficient (Wildman–Crippen LogP) is 1.08.